The highest BCUT2D eigenvalue weighted by molar-refractivity contribution is 5.44. The summed E-state index contributed by atoms with van der Waals surface area (Å²) in [5.74, 6) is 4.47. The molecular weight excluding hydrogens is 300 g/mol. The molecule has 4 heteroatoms. The van der Waals surface area contributed by atoms with Crippen LogP contribution in [0.3, 0.4) is 0 Å². The summed E-state index contributed by atoms with van der Waals surface area (Å²) in [6.45, 7) is 7.45. The number of ether oxygens (including phenoxy) is 2. The van der Waals surface area contributed by atoms with Crippen LogP contribution in [0.5, 0.6) is 11.5 Å². The standard InChI is InChI=1S/C20H26N2O2/c1-3-17-9-15(1)10-18(17)13-22-7-5-21(6-8-22)12-16-2-4-19-20(11-16)24-14-23-19/h1-4,11,15,17-18H,5-10,12-14H2/t15-,17+,18-/m1/s1. The van der Waals surface area contributed by atoms with Crippen molar-refractivity contribution in [3.8, 4) is 11.5 Å². The lowest BCUT2D eigenvalue weighted by molar-refractivity contribution is 0.108. The van der Waals surface area contributed by atoms with E-state index >= 15 is 0 Å². The Morgan fingerprint density at radius 1 is 0.917 bits per heavy atom. The molecule has 0 aromatic heterocycles. The molecule has 2 bridgehead atoms. The van der Waals surface area contributed by atoms with Crippen LogP contribution in [0.2, 0.25) is 0 Å². The van der Waals surface area contributed by atoms with Crippen LogP contribution in [0.25, 0.3) is 0 Å². The van der Waals surface area contributed by atoms with E-state index in [-0.39, 0.29) is 0 Å². The number of hydrogen-bond acceptors (Lipinski definition) is 4. The van der Waals surface area contributed by atoms with E-state index in [1.54, 1.807) is 0 Å². The molecule has 0 spiro atoms. The van der Waals surface area contributed by atoms with Gasteiger partial charge < -0.3 is 14.4 Å². The van der Waals surface area contributed by atoms with Crippen LogP contribution < -0.4 is 9.47 Å². The van der Waals surface area contributed by atoms with Gasteiger partial charge in [0.05, 0.1) is 0 Å². The second-order valence-corrected chi connectivity index (χ2v) is 7.80. The molecule has 2 aliphatic heterocycles. The summed E-state index contributed by atoms with van der Waals surface area (Å²) in [6, 6.07) is 6.34. The minimum absolute atomic E-state index is 0.357. The molecule has 4 nitrogen and oxygen atoms in total. The fraction of sp³-hybridized carbons (Fsp3) is 0.600. The van der Waals surface area contributed by atoms with Crippen molar-refractivity contribution in [3.63, 3.8) is 0 Å². The maximum absolute atomic E-state index is 5.49. The molecule has 3 atom stereocenters. The predicted molar refractivity (Wildman–Crippen MR) is 93.1 cm³/mol. The van der Waals surface area contributed by atoms with Gasteiger partial charge in [0, 0.05) is 39.3 Å². The van der Waals surface area contributed by atoms with Crippen molar-refractivity contribution in [2.24, 2.45) is 17.8 Å². The summed E-state index contributed by atoms with van der Waals surface area (Å²) in [4.78, 5) is 5.25. The van der Waals surface area contributed by atoms with E-state index in [1.165, 1.54) is 51.1 Å². The molecule has 2 fully saturated rings. The van der Waals surface area contributed by atoms with E-state index in [0.717, 1.165) is 35.8 Å². The second-order valence-electron chi connectivity index (χ2n) is 7.80. The van der Waals surface area contributed by atoms with Crippen LogP contribution in [0.1, 0.15) is 18.4 Å². The number of rotatable bonds is 4. The molecule has 24 heavy (non-hydrogen) atoms. The number of benzene rings is 1. The van der Waals surface area contributed by atoms with Gasteiger partial charge in [-0.25, -0.2) is 0 Å². The van der Waals surface area contributed by atoms with Crippen molar-refractivity contribution in [1.29, 1.82) is 0 Å². The number of nitrogens with zero attached hydrogens (tertiary/aromatic N) is 2. The van der Waals surface area contributed by atoms with Crippen molar-refractivity contribution in [1.82, 2.24) is 9.80 Å². The summed E-state index contributed by atoms with van der Waals surface area (Å²) < 4.78 is 10.9. The minimum Gasteiger partial charge on any atom is -0.454 e. The van der Waals surface area contributed by atoms with Crippen molar-refractivity contribution in [2.75, 3.05) is 39.5 Å². The fourth-order valence-electron chi connectivity index (χ4n) is 4.86. The molecule has 0 N–H and O–H groups in total. The Morgan fingerprint density at radius 2 is 1.75 bits per heavy atom. The lowest BCUT2D eigenvalue weighted by atomic mass is 9.93. The quantitative estimate of drug-likeness (QED) is 0.795. The Morgan fingerprint density at radius 3 is 2.54 bits per heavy atom. The van der Waals surface area contributed by atoms with Gasteiger partial charge in [-0.1, -0.05) is 18.2 Å². The molecular formula is C20H26N2O2. The minimum atomic E-state index is 0.357. The van der Waals surface area contributed by atoms with Gasteiger partial charge in [0.1, 0.15) is 0 Å². The maximum atomic E-state index is 5.49. The van der Waals surface area contributed by atoms with Gasteiger partial charge in [0.2, 0.25) is 6.79 Å². The highest BCUT2D eigenvalue weighted by Crippen LogP contribution is 2.43. The molecule has 0 amide bonds. The van der Waals surface area contributed by atoms with Crippen molar-refractivity contribution in [2.45, 2.75) is 19.4 Å². The van der Waals surface area contributed by atoms with Crippen molar-refractivity contribution < 1.29 is 9.47 Å². The zero-order valence-corrected chi connectivity index (χ0v) is 14.2. The molecule has 0 unspecified atom stereocenters. The van der Waals surface area contributed by atoms with Gasteiger partial charge in [-0.05, 0) is 48.3 Å². The molecule has 2 aliphatic carbocycles. The Balaban J connectivity index is 1.12. The Bertz CT molecular complexity index is 637. The highest BCUT2D eigenvalue weighted by atomic mass is 16.7. The number of piperazine rings is 1. The van der Waals surface area contributed by atoms with E-state index in [1.807, 2.05) is 6.07 Å². The van der Waals surface area contributed by atoms with Crippen LogP contribution in [-0.4, -0.2) is 49.3 Å². The first kappa shape index (κ1) is 14.8. The number of hydrogen-bond donors (Lipinski definition) is 0. The smallest absolute Gasteiger partial charge is 0.231 e. The lowest BCUT2D eigenvalue weighted by Gasteiger charge is -2.37. The van der Waals surface area contributed by atoms with Gasteiger partial charge in [-0.15, -0.1) is 0 Å². The van der Waals surface area contributed by atoms with Crippen molar-refractivity contribution >= 4 is 0 Å². The summed E-state index contributed by atoms with van der Waals surface area (Å²) in [6.07, 6.45) is 7.78. The van der Waals surface area contributed by atoms with E-state index in [4.69, 9.17) is 9.47 Å². The topological polar surface area (TPSA) is 24.9 Å². The Labute approximate surface area is 144 Å². The number of allylic oxidation sites excluding steroid dienone is 2. The maximum Gasteiger partial charge on any atom is 0.231 e. The molecule has 1 aromatic carbocycles. The van der Waals surface area contributed by atoms with E-state index in [2.05, 4.69) is 34.1 Å². The van der Waals surface area contributed by atoms with Crippen LogP contribution in [-0.2, 0) is 6.54 Å². The van der Waals surface area contributed by atoms with Crippen LogP contribution in [0.4, 0.5) is 0 Å². The Hall–Kier alpha value is -1.52. The summed E-state index contributed by atoms with van der Waals surface area (Å²) in [7, 11) is 0. The summed E-state index contributed by atoms with van der Waals surface area (Å²) in [5.41, 5.74) is 1.32. The summed E-state index contributed by atoms with van der Waals surface area (Å²) in [5, 5.41) is 0. The fourth-order valence-corrected chi connectivity index (χ4v) is 4.86. The molecule has 0 radical (unpaired) electrons. The number of fused-ring (bicyclic) bond motifs is 3. The SMILES string of the molecule is C1=C[C@H]2C[C@@H]1C[C@@H]2CN1CCN(Cc2ccc3c(c2)OCO3)CC1. The van der Waals surface area contributed by atoms with E-state index in [0.29, 0.717) is 6.79 Å². The van der Waals surface area contributed by atoms with Gasteiger partial charge in [0.25, 0.3) is 0 Å². The van der Waals surface area contributed by atoms with Gasteiger partial charge >= 0.3 is 0 Å². The van der Waals surface area contributed by atoms with E-state index < -0.39 is 0 Å². The summed E-state index contributed by atoms with van der Waals surface area (Å²) >= 11 is 0. The normalized spacial score (nSPS) is 31.9. The average Bonchev–Trinajstić information content (AvgIpc) is 3.32. The highest BCUT2D eigenvalue weighted by Gasteiger charge is 2.36. The van der Waals surface area contributed by atoms with Gasteiger partial charge in [-0.3, -0.25) is 4.90 Å². The van der Waals surface area contributed by atoms with Crippen LogP contribution >= 0.6 is 0 Å². The third-order valence-corrected chi connectivity index (χ3v) is 6.22. The third kappa shape index (κ3) is 2.82. The Kier molecular flexibility index (Phi) is 3.75. The molecule has 4 aliphatic rings. The van der Waals surface area contributed by atoms with Gasteiger partial charge in [-0.2, -0.15) is 0 Å². The first-order valence-corrected chi connectivity index (χ1v) is 9.35. The molecule has 1 saturated carbocycles. The predicted octanol–water partition coefficient (Wildman–Crippen LogP) is 2.75. The first-order chi connectivity index (χ1) is 11.8. The zero-order valence-electron chi connectivity index (χ0n) is 14.2. The largest absolute Gasteiger partial charge is 0.454 e. The molecule has 2 heterocycles. The van der Waals surface area contributed by atoms with Crippen molar-refractivity contribution in [3.05, 3.63) is 35.9 Å². The van der Waals surface area contributed by atoms with Crippen LogP contribution in [0.15, 0.2) is 30.4 Å². The van der Waals surface area contributed by atoms with Gasteiger partial charge in [0.15, 0.2) is 11.5 Å². The second kappa shape index (κ2) is 6.08. The average molecular weight is 326 g/mol. The van der Waals surface area contributed by atoms with E-state index in [9.17, 15) is 0 Å². The third-order valence-electron chi connectivity index (χ3n) is 6.22. The first-order valence-electron chi connectivity index (χ1n) is 9.35. The lowest BCUT2D eigenvalue weighted by Crippen LogP contribution is -2.47. The van der Waals surface area contributed by atoms with Crippen LogP contribution in [0, 0.1) is 17.8 Å². The molecule has 1 aromatic rings. The molecule has 1 saturated heterocycles. The molecule has 5 rings (SSSR count). The zero-order chi connectivity index (χ0) is 15.9. The monoisotopic (exact) mass is 326 g/mol. The molecule has 128 valence electrons.